The average molecular weight is 448 g/mol. The Bertz CT molecular complexity index is 1340. The van der Waals surface area contributed by atoms with Crippen molar-refractivity contribution in [3.63, 3.8) is 0 Å². The van der Waals surface area contributed by atoms with Crippen LogP contribution in [0.3, 0.4) is 0 Å². The second kappa shape index (κ2) is 10.0. The van der Waals surface area contributed by atoms with E-state index >= 15 is 0 Å². The van der Waals surface area contributed by atoms with Gasteiger partial charge in [-0.1, -0.05) is 66.7 Å². The molecule has 168 valence electrons. The molecule has 0 saturated carbocycles. The molecule has 0 bridgehead atoms. The fourth-order valence-electron chi connectivity index (χ4n) is 3.92. The summed E-state index contributed by atoms with van der Waals surface area (Å²) < 4.78 is 3.78. The van der Waals surface area contributed by atoms with Crippen molar-refractivity contribution < 1.29 is 4.79 Å². The molecule has 0 spiro atoms. The van der Waals surface area contributed by atoms with E-state index in [-0.39, 0.29) is 5.91 Å². The van der Waals surface area contributed by atoms with Gasteiger partial charge < -0.3 is 5.32 Å². The monoisotopic (exact) mass is 447 g/mol. The molecule has 0 aliphatic rings. The first-order chi connectivity index (χ1) is 16.7. The van der Waals surface area contributed by atoms with E-state index in [1.165, 1.54) is 5.56 Å². The van der Waals surface area contributed by atoms with Gasteiger partial charge in [-0.2, -0.15) is 10.2 Å². The van der Waals surface area contributed by atoms with Gasteiger partial charge in [-0.25, -0.2) is 0 Å². The summed E-state index contributed by atoms with van der Waals surface area (Å²) in [7, 11) is 0. The van der Waals surface area contributed by atoms with Gasteiger partial charge in [0.15, 0.2) is 0 Å². The van der Waals surface area contributed by atoms with Crippen molar-refractivity contribution in [2.24, 2.45) is 0 Å². The standard InChI is InChI=1S/C28H25N5O/c34-28(29-19-22-7-9-23(10-8-22)20-32-17-3-15-30-32)27-6-2-1-5-26(27)25-13-11-24(12-14-25)21-33-18-4-16-31-33/h1-18H,19-21H2,(H,29,34). The first-order valence-electron chi connectivity index (χ1n) is 11.2. The molecule has 1 N–H and O–H groups in total. The molecule has 6 nitrogen and oxygen atoms in total. The van der Waals surface area contributed by atoms with Crippen molar-refractivity contribution in [3.05, 3.63) is 132 Å². The highest BCUT2D eigenvalue weighted by atomic mass is 16.1. The molecule has 0 radical (unpaired) electrons. The predicted molar refractivity (Wildman–Crippen MR) is 132 cm³/mol. The minimum atomic E-state index is -0.0863. The van der Waals surface area contributed by atoms with Gasteiger partial charge in [-0.05, 0) is 46.0 Å². The first kappa shape index (κ1) is 21.4. The molecule has 6 heteroatoms. The summed E-state index contributed by atoms with van der Waals surface area (Å²) in [5.74, 6) is -0.0863. The lowest BCUT2D eigenvalue weighted by Crippen LogP contribution is -2.23. The molecular weight excluding hydrogens is 422 g/mol. The highest BCUT2D eigenvalue weighted by Crippen LogP contribution is 2.24. The van der Waals surface area contributed by atoms with Crippen molar-refractivity contribution in [2.45, 2.75) is 19.6 Å². The van der Waals surface area contributed by atoms with Gasteiger partial charge in [-0.3, -0.25) is 14.2 Å². The van der Waals surface area contributed by atoms with Crippen molar-refractivity contribution in [3.8, 4) is 11.1 Å². The molecule has 34 heavy (non-hydrogen) atoms. The van der Waals surface area contributed by atoms with Crippen LogP contribution in [0, 0.1) is 0 Å². The van der Waals surface area contributed by atoms with Crippen LogP contribution in [0.4, 0.5) is 0 Å². The summed E-state index contributed by atoms with van der Waals surface area (Å²) in [6.07, 6.45) is 7.44. The van der Waals surface area contributed by atoms with Gasteiger partial charge in [0.2, 0.25) is 0 Å². The summed E-state index contributed by atoms with van der Waals surface area (Å²) in [5, 5.41) is 11.6. The highest BCUT2D eigenvalue weighted by molar-refractivity contribution is 6.00. The van der Waals surface area contributed by atoms with Crippen LogP contribution in [0.2, 0.25) is 0 Å². The fraction of sp³-hybridized carbons (Fsp3) is 0.107. The molecule has 5 aromatic rings. The van der Waals surface area contributed by atoms with E-state index in [9.17, 15) is 4.79 Å². The maximum absolute atomic E-state index is 13.0. The number of aromatic nitrogens is 4. The summed E-state index contributed by atoms with van der Waals surface area (Å²) in [4.78, 5) is 13.0. The van der Waals surface area contributed by atoms with Crippen molar-refractivity contribution in [1.82, 2.24) is 24.9 Å². The van der Waals surface area contributed by atoms with Crippen LogP contribution < -0.4 is 5.32 Å². The lowest BCUT2D eigenvalue weighted by molar-refractivity contribution is 0.0951. The van der Waals surface area contributed by atoms with Crippen molar-refractivity contribution >= 4 is 5.91 Å². The third kappa shape index (κ3) is 5.13. The molecule has 5 rings (SSSR count). The molecule has 0 aliphatic carbocycles. The van der Waals surface area contributed by atoms with Crippen molar-refractivity contribution in [1.29, 1.82) is 0 Å². The van der Waals surface area contributed by atoms with E-state index in [1.54, 1.807) is 12.4 Å². The average Bonchev–Trinajstić information content (AvgIpc) is 3.59. The SMILES string of the molecule is O=C(NCc1ccc(Cn2cccn2)cc1)c1ccccc1-c1ccc(Cn2cccn2)cc1. The number of hydrogen-bond acceptors (Lipinski definition) is 3. The number of nitrogens with one attached hydrogen (secondary N) is 1. The Morgan fingerprint density at radius 1 is 0.676 bits per heavy atom. The third-order valence-corrected chi connectivity index (χ3v) is 5.72. The van der Waals surface area contributed by atoms with Crippen LogP contribution in [-0.2, 0) is 19.6 Å². The molecule has 2 aromatic heterocycles. The number of hydrogen-bond donors (Lipinski definition) is 1. The molecule has 0 saturated heterocycles. The van der Waals surface area contributed by atoms with Gasteiger partial charge in [0.05, 0.1) is 13.1 Å². The second-order valence-corrected chi connectivity index (χ2v) is 8.15. The van der Waals surface area contributed by atoms with E-state index in [0.29, 0.717) is 12.1 Å². The molecule has 2 heterocycles. The van der Waals surface area contributed by atoms with Gasteiger partial charge in [0.25, 0.3) is 5.91 Å². The van der Waals surface area contributed by atoms with Crippen molar-refractivity contribution in [2.75, 3.05) is 0 Å². The van der Waals surface area contributed by atoms with Gasteiger partial charge in [0.1, 0.15) is 0 Å². The van der Waals surface area contributed by atoms with E-state index in [4.69, 9.17) is 0 Å². The van der Waals surface area contributed by atoms with E-state index in [0.717, 1.165) is 35.3 Å². The van der Waals surface area contributed by atoms with Gasteiger partial charge in [-0.15, -0.1) is 0 Å². The largest absolute Gasteiger partial charge is 0.348 e. The molecule has 1 amide bonds. The smallest absolute Gasteiger partial charge is 0.252 e. The Balaban J connectivity index is 1.24. The first-order valence-corrected chi connectivity index (χ1v) is 11.2. The Morgan fingerprint density at radius 3 is 1.82 bits per heavy atom. The Labute approximate surface area is 198 Å². The van der Waals surface area contributed by atoms with E-state index in [1.807, 2.05) is 70.3 Å². The minimum absolute atomic E-state index is 0.0863. The van der Waals surface area contributed by atoms with Crippen LogP contribution in [-0.4, -0.2) is 25.5 Å². The molecule has 3 aromatic carbocycles. The van der Waals surface area contributed by atoms with E-state index in [2.05, 4.69) is 51.9 Å². The van der Waals surface area contributed by atoms with E-state index < -0.39 is 0 Å². The summed E-state index contributed by atoms with van der Waals surface area (Å²) in [6.45, 7) is 1.92. The minimum Gasteiger partial charge on any atom is -0.348 e. The zero-order valence-corrected chi connectivity index (χ0v) is 18.7. The zero-order valence-electron chi connectivity index (χ0n) is 18.7. The van der Waals surface area contributed by atoms with Crippen LogP contribution in [0.1, 0.15) is 27.0 Å². The predicted octanol–water partition coefficient (Wildman–Crippen LogP) is 4.77. The van der Waals surface area contributed by atoms with Crippen LogP contribution >= 0.6 is 0 Å². The number of nitrogens with zero attached hydrogens (tertiary/aromatic N) is 4. The number of carbonyl (C=O) groups is 1. The molecule has 0 aliphatic heterocycles. The number of carbonyl (C=O) groups excluding carboxylic acids is 1. The maximum atomic E-state index is 13.0. The molecule has 0 fully saturated rings. The Kier molecular flexibility index (Phi) is 6.29. The molecular formula is C28H25N5O. The maximum Gasteiger partial charge on any atom is 0.252 e. The normalized spacial score (nSPS) is 10.8. The lowest BCUT2D eigenvalue weighted by Gasteiger charge is -2.12. The topological polar surface area (TPSA) is 64.7 Å². The number of amides is 1. The van der Waals surface area contributed by atoms with Crippen LogP contribution in [0.15, 0.2) is 110 Å². The molecule has 0 unspecified atom stereocenters. The lowest BCUT2D eigenvalue weighted by atomic mass is 9.98. The highest BCUT2D eigenvalue weighted by Gasteiger charge is 2.12. The third-order valence-electron chi connectivity index (χ3n) is 5.72. The fourth-order valence-corrected chi connectivity index (χ4v) is 3.92. The number of rotatable bonds is 8. The van der Waals surface area contributed by atoms with Crippen LogP contribution in [0.5, 0.6) is 0 Å². The summed E-state index contributed by atoms with van der Waals surface area (Å²) >= 11 is 0. The Hall–Kier alpha value is -4.45. The van der Waals surface area contributed by atoms with Gasteiger partial charge >= 0.3 is 0 Å². The Morgan fingerprint density at radius 2 is 1.24 bits per heavy atom. The summed E-state index contributed by atoms with van der Waals surface area (Å²) in [6, 6.07) is 28.1. The second-order valence-electron chi connectivity index (χ2n) is 8.15. The van der Waals surface area contributed by atoms with Crippen LogP contribution in [0.25, 0.3) is 11.1 Å². The quantitative estimate of drug-likeness (QED) is 0.373. The van der Waals surface area contributed by atoms with Gasteiger partial charge in [0, 0.05) is 36.9 Å². The summed E-state index contributed by atoms with van der Waals surface area (Å²) in [5.41, 5.74) is 5.97. The number of benzene rings is 3. The molecule has 0 atom stereocenters. The zero-order chi connectivity index (χ0) is 23.2.